The van der Waals surface area contributed by atoms with E-state index in [1.54, 1.807) is 0 Å². The molecule has 0 aliphatic rings. The maximum atomic E-state index is 12.3. The Kier molecular flexibility index (Phi) is 7.92. The summed E-state index contributed by atoms with van der Waals surface area (Å²) in [5, 5.41) is 2.83. The van der Waals surface area contributed by atoms with E-state index < -0.39 is 28.0 Å². The van der Waals surface area contributed by atoms with Crippen LogP contribution in [0.4, 0.5) is 0 Å². The molecule has 1 amide bonds. The zero-order valence-corrected chi connectivity index (χ0v) is 17.5. The van der Waals surface area contributed by atoms with Gasteiger partial charge in [0.25, 0.3) is 5.91 Å². The number of esters is 1. The standard InChI is InChI=1S/C21H26N2O5S/c1-15(12-13-17-8-5-4-6-9-17)23-20(24)16(2)28-21(25)18-10-7-11-19(14-18)29(26,27)22-3/h4-11,14-16,22H,12-13H2,1-3H3,(H,23,24)/t15-,16+/m1/s1. The molecule has 0 bridgehead atoms. The summed E-state index contributed by atoms with van der Waals surface area (Å²) in [6, 6.07) is 15.3. The summed E-state index contributed by atoms with van der Waals surface area (Å²) >= 11 is 0. The number of carbonyl (C=O) groups excluding carboxylic acids is 2. The molecule has 0 spiro atoms. The molecule has 2 atom stereocenters. The van der Waals surface area contributed by atoms with E-state index in [1.165, 1.54) is 43.8 Å². The second-order valence-electron chi connectivity index (χ2n) is 6.72. The zero-order valence-electron chi connectivity index (χ0n) is 16.7. The van der Waals surface area contributed by atoms with E-state index in [1.807, 2.05) is 37.3 Å². The van der Waals surface area contributed by atoms with Gasteiger partial charge in [0.05, 0.1) is 10.5 Å². The predicted molar refractivity (Wildman–Crippen MR) is 110 cm³/mol. The average Bonchev–Trinajstić information content (AvgIpc) is 2.73. The first-order valence-electron chi connectivity index (χ1n) is 9.32. The minimum absolute atomic E-state index is 0.0538. The largest absolute Gasteiger partial charge is 0.449 e. The molecule has 2 rings (SSSR count). The Morgan fingerprint density at radius 2 is 1.72 bits per heavy atom. The second kappa shape index (κ2) is 10.2. The average molecular weight is 419 g/mol. The zero-order chi connectivity index (χ0) is 21.4. The van der Waals surface area contributed by atoms with Gasteiger partial charge in [0.2, 0.25) is 10.0 Å². The molecule has 0 saturated carbocycles. The molecule has 7 nitrogen and oxygen atoms in total. The third-order valence-electron chi connectivity index (χ3n) is 4.40. The molecule has 0 aliphatic carbocycles. The number of aryl methyl sites for hydroxylation is 1. The lowest BCUT2D eigenvalue weighted by Crippen LogP contribution is -2.41. The lowest BCUT2D eigenvalue weighted by molar-refractivity contribution is -0.129. The summed E-state index contributed by atoms with van der Waals surface area (Å²) < 4.78 is 31.1. The highest BCUT2D eigenvalue weighted by atomic mass is 32.2. The van der Waals surface area contributed by atoms with E-state index in [2.05, 4.69) is 10.0 Å². The first-order chi connectivity index (χ1) is 13.7. The van der Waals surface area contributed by atoms with Crippen molar-refractivity contribution < 1.29 is 22.7 Å². The van der Waals surface area contributed by atoms with E-state index in [-0.39, 0.29) is 16.5 Å². The highest BCUT2D eigenvalue weighted by Crippen LogP contribution is 2.13. The van der Waals surface area contributed by atoms with Gasteiger partial charge in [-0.25, -0.2) is 17.9 Å². The minimum Gasteiger partial charge on any atom is -0.449 e. The summed E-state index contributed by atoms with van der Waals surface area (Å²) in [7, 11) is -2.40. The first-order valence-corrected chi connectivity index (χ1v) is 10.8. The summed E-state index contributed by atoms with van der Waals surface area (Å²) in [6.07, 6.45) is 0.565. The van der Waals surface area contributed by atoms with E-state index in [9.17, 15) is 18.0 Å². The molecule has 0 aliphatic heterocycles. The van der Waals surface area contributed by atoms with Gasteiger partial charge in [-0.15, -0.1) is 0 Å². The molecule has 0 aromatic heterocycles. The molecule has 0 unspecified atom stereocenters. The van der Waals surface area contributed by atoms with Crippen LogP contribution in [-0.2, 0) is 26.0 Å². The Morgan fingerprint density at radius 1 is 1.03 bits per heavy atom. The van der Waals surface area contributed by atoms with Gasteiger partial charge in [0.15, 0.2) is 6.10 Å². The van der Waals surface area contributed by atoms with E-state index in [0.29, 0.717) is 0 Å². The lowest BCUT2D eigenvalue weighted by atomic mass is 10.1. The van der Waals surface area contributed by atoms with Gasteiger partial charge in [0.1, 0.15) is 0 Å². The molecular formula is C21H26N2O5S. The molecule has 156 valence electrons. The SMILES string of the molecule is CNS(=O)(=O)c1cccc(C(=O)O[C@@H](C)C(=O)N[C@H](C)CCc2ccccc2)c1. The maximum Gasteiger partial charge on any atom is 0.338 e. The monoisotopic (exact) mass is 418 g/mol. The number of benzene rings is 2. The van der Waals surface area contributed by atoms with Gasteiger partial charge in [-0.1, -0.05) is 36.4 Å². The fourth-order valence-electron chi connectivity index (χ4n) is 2.65. The number of nitrogens with one attached hydrogen (secondary N) is 2. The summed E-state index contributed by atoms with van der Waals surface area (Å²) in [5.41, 5.74) is 1.24. The van der Waals surface area contributed by atoms with Gasteiger partial charge < -0.3 is 10.1 Å². The van der Waals surface area contributed by atoms with Crippen molar-refractivity contribution in [3.05, 3.63) is 65.7 Å². The van der Waals surface area contributed by atoms with Crippen molar-refractivity contribution in [2.24, 2.45) is 0 Å². The highest BCUT2D eigenvalue weighted by molar-refractivity contribution is 7.89. The van der Waals surface area contributed by atoms with Crippen molar-refractivity contribution in [2.45, 2.75) is 43.7 Å². The van der Waals surface area contributed by atoms with Crippen LogP contribution in [-0.4, -0.2) is 39.5 Å². The van der Waals surface area contributed by atoms with Crippen molar-refractivity contribution in [1.29, 1.82) is 0 Å². The third-order valence-corrected chi connectivity index (χ3v) is 5.81. The molecule has 8 heteroatoms. The Labute approximate surface area is 171 Å². The van der Waals surface area contributed by atoms with Crippen molar-refractivity contribution in [2.75, 3.05) is 7.05 Å². The highest BCUT2D eigenvalue weighted by Gasteiger charge is 2.21. The van der Waals surface area contributed by atoms with Crippen LogP contribution in [0.2, 0.25) is 0 Å². The Balaban J connectivity index is 1.90. The van der Waals surface area contributed by atoms with Gasteiger partial charge in [-0.3, -0.25) is 4.79 Å². The topological polar surface area (TPSA) is 102 Å². The second-order valence-corrected chi connectivity index (χ2v) is 8.60. The number of ether oxygens (including phenoxy) is 1. The number of carbonyl (C=O) groups is 2. The number of hydrogen-bond donors (Lipinski definition) is 2. The fraction of sp³-hybridized carbons (Fsp3) is 0.333. The van der Waals surface area contributed by atoms with Crippen LogP contribution in [0.3, 0.4) is 0 Å². The molecule has 0 radical (unpaired) electrons. The molecule has 0 heterocycles. The molecule has 2 aromatic carbocycles. The number of sulfonamides is 1. The molecule has 0 fully saturated rings. The van der Waals surface area contributed by atoms with E-state index in [0.717, 1.165) is 12.8 Å². The van der Waals surface area contributed by atoms with Crippen LogP contribution in [0.25, 0.3) is 0 Å². The molecule has 2 N–H and O–H groups in total. The van der Waals surface area contributed by atoms with Crippen LogP contribution < -0.4 is 10.0 Å². The Hall–Kier alpha value is -2.71. The number of amides is 1. The third kappa shape index (κ3) is 6.69. The van der Waals surface area contributed by atoms with E-state index in [4.69, 9.17) is 4.74 Å². The number of rotatable bonds is 9. The summed E-state index contributed by atoms with van der Waals surface area (Å²) in [5.74, 6) is -1.17. The Morgan fingerprint density at radius 3 is 2.38 bits per heavy atom. The molecule has 29 heavy (non-hydrogen) atoms. The van der Waals surface area contributed by atoms with Crippen LogP contribution >= 0.6 is 0 Å². The van der Waals surface area contributed by atoms with E-state index >= 15 is 0 Å². The molecule has 2 aromatic rings. The van der Waals surface area contributed by atoms with Crippen molar-refractivity contribution in [3.63, 3.8) is 0 Å². The fourth-order valence-corrected chi connectivity index (χ4v) is 3.43. The van der Waals surface area contributed by atoms with Crippen LogP contribution in [0.15, 0.2) is 59.5 Å². The molecule has 0 saturated heterocycles. The molecular weight excluding hydrogens is 392 g/mol. The van der Waals surface area contributed by atoms with Crippen LogP contribution in [0.1, 0.15) is 36.2 Å². The normalized spacial score (nSPS) is 13.3. The summed E-state index contributed by atoms with van der Waals surface area (Å²) in [6.45, 7) is 3.37. The minimum atomic E-state index is -3.68. The van der Waals surface area contributed by atoms with Gasteiger partial charge in [0, 0.05) is 6.04 Å². The van der Waals surface area contributed by atoms with Crippen LogP contribution in [0, 0.1) is 0 Å². The van der Waals surface area contributed by atoms with Gasteiger partial charge in [-0.2, -0.15) is 0 Å². The maximum absolute atomic E-state index is 12.3. The Bertz CT molecular complexity index is 945. The van der Waals surface area contributed by atoms with Crippen LogP contribution in [0.5, 0.6) is 0 Å². The van der Waals surface area contributed by atoms with Gasteiger partial charge in [-0.05, 0) is 57.5 Å². The smallest absolute Gasteiger partial charge is 0.338 e. The lowest BCUT2D eigenvalue weighted by Gasteiger charge is -2.18. The quantitative estimate of drug-likeness (QED) is 0.609. The predicted octanol–water partition coefficient (Wildman–Crippen LogP) is 2.28. The van der Waals surface area contributed by atoms with Crippen molar-refractivity contribution in [3.8, 4) is 0 Å². The van der Waals surface area contributed by atoms with Crippen molar-refractivity contribution in [1.82, 2.24) is 10.0 Å². The summed E-state index contributed by atoms with van der Waals surface area (Å²) in [4.78, 5) is 24.6. The first kappa shape index (κ1) is 22.6. The van der Waals surface area contributed by atoms with Crippen molar-refractivity contribution >= 4 is 21.9 Å². The van der Waals surface area contributed by atoms with Gasteiger partial charge >= 0.3 is 5.97 Å². The number of hydrogen-bond acceptors (Lipinski definition) is 5.